The molecule has 3 saturated heterocycles. The number of urea groups is 1. The molecule has 0 bridgehead atoms. The van der Waals surface area contributed by atoms with Gasteiger partial charge in [0.1, 0.15) is 0 Å². The molecule has 4 rings (SSSR count). The highest BCUT2D eigenvalue weighted by molar-refractivity contribution is 5.95. The van der Waals surface area contributed by atoms with Crippen LogP contribution in [0.1, 0.15) is 64.7 Å². The fraction of sp³-hybridized carbons (Fsp3) is 0.920. The lowest BCUT2D eigenvalue weighted by molar-refractivity contribution is -0.202. The summed E-state index contributed by atoms with van der Waals surface area (Å²) in [5.41, 5.74) is 0. The minimum absolute atomic E-state index is 0.0166. The van der Waals surface area contributed by atoms with Gasteiger partial charge in [-0.3, -0.25) is 9.69 Å². The van der Waals surface area contributed by atoms with Crippen LogP contribution in [0.3, 0.4) is 0 Å². The number of carbonyl (C=O) groups excluding carboxylic acids is 2. The van der Waals surface area contributed by atoms with Crippen LogP contribution in [0.4, 0.5) is 4.79 Å². The maximum absolute atomic E-state index is 13.6. The van der Waals surface area contributed by atoms with E-state index in [2.05, 4.69) is 29.1 Å². The number of amides is 3. The Balaban J connectivity index is 1.35. The molecule has 3 aliphatic heterocycles. The third kappa shape index (κ3) is 6.08. The van der Waals surface area contributed by atoms with Crippen LogP contribution in [0.15, 0.2) is 0 Å². The van der Waals surface area contributed by atoms with Crippen molar-refractivity contribution in [1.82, 2.24) is 20.0 Å². The molecular formula is C25H44N4O4. The van der Waals surface area contributed by atoms with E-state index in [1.165, 1.54) is 24.2 Å². The van der Waals surface area contributed by atoms with E-state index in [0.717, 1.165) is 64.7 Å². The SMILES string of the molecule is CCCCN(C(=O)NCCN1CCCCC1)C(=O)[C@@H]1C[C@@H]2CC3(CC[C@H]2N(C)C1)OCCO3. The van der Waals surface area contributed by atoms with Crippen molar-refractivity contribution < 1.29 is 19.1 Å². The summed E-state index contributed by atoms with van der Waals surface area (Å²) in [4.78, 5) is 32.9. The summed E-state index contributed by atoms with van der Waals surface area (Å²) in [5, 5.41) is 3.04. The average molecular weight is 465 g/mol. The highest BCUT2D eigenvalue weighted by Gasteiger charge is 2.49. The van der Waals surface area contributed by atoms with Crippen molar-refractivity contribution in [1.29, 1.82) is 0 Å². The minimum Gasteiger partial charge on any atom is -0.348 e. The van der Waals surface area contributed by atoms with Gasteiger partial charge in [-0.05, 0) is 58.2 Å². The molecule has 4 aliphatic rings. The van der Waals surface area contributed by atoms with Crippen LogP contribution in [0, 0.1) is 11.8 Å². The number of ether oxygens (including phenoxy) is 2. The number of hydrogen-bond donors (Lipinski definition) is 1. The first-order valence-electron chi connectivity index (χ1n) is 13.3. The largest absolute Gasteiger partial charge is 0.348 e. The van der Waals surface area contributed by atoms with Crippen molar-refractivity contribution in [2.24, 2.45) is 11.8 Å². The zero-order valence-electron chi connectivity index (χ0n) is 20.7. The standard InChI is InChI=1S/C25H44N4O4/c1-3-4-13-29(24(31)26-10-14-28-11-6-5-7-12-28)23(30)21-17-20-18-25(32-15-16-33-25)9-8-22(20)27(2)19-21/h20-22H,3-19H2,1-2H3,(H,26,31)/t20-,21-,22-/m1/s1. The van der Waals surface area contributed by atoms with E-state index in [4.69, 9.17) is 9.47 Å². The normalized spacial score (nSPS) is 30.2. The van der Waals surface area contributed by atoms with Crippen LogP contribution in [-0.4, -0.2) is 98.0 Å². The maximum atomic E-state index is 13.6. The Kier molecular flexibility index (Phi) is 8.65. The number of carbonyl (C=O) groups is 2. The first kappa shape index (κ1) is 24.9. The van der Waals surface area contributed by atoms with Crippen LogP contribution in [0.2, 0.25) is 0 Å². The second-order valence-electron chi connectivity index (χ2n) is 10.5. The molecule has 3 heterocycles. The lowest BCUT2D eigenvalue weighted by Gasteiger charge is -2.49. The first-order valence-corrected chi connectivity index (χ1v) is 13.3. The number of unbranched alkanes of at least 4 members (excludes halogenated alkanes) is 1. The maximum Gasteiger partial charge on any atom is 0.324 e. The van der Waals surface area contributed by atoms with E-state index < -0.39 is 5.79 Å². The molecule has 0 aromatic heterocycles. The van der Waals surface area contributed by atoms with Crippen molar-refractivity contribution in [3.63, 3.8) is 0 Å². The molecule has 0 aromatic rings. The molecule has 8 nitrogen and oxygen atoms in total. The molecule has 1 aliphatic carbocycles. The van der Waals surface area contributed by atoms with Crippen LogP contribution >= 0.6 is 0 Å². The van der Waals surface area contributed by atoms with E-state index >= 15 is 0 Å². The van der Waals surface area contributed by atoms with Gasteiger partial charge in [0.15, 0.2) is 5.79 Å². The van der Waals surface area contributed by atoms with Gasteiger partial charge in [-0.2, -0.15) is 0 Å². The molecule has 3 atom stereocenters. The van der Waals surface area contributed by atoms with E-state index in [1.807, 2.05) is 0 Å². The Morgan fingerprint density at radius 3 is 2.64 bits per heavy atom. The van der Waals surface area contributed by atoms with Gasteiger partial charge in [-0.25, -0.2) is 4.79 Å². The van der Waals surface area contributed by atoms with Gasteiger partial charge in [0.2, 0.25) is 5.91 Å². The van der Waals surface area contributed by atoms with Gasteiger partial charge in [0.25, 0.3) is 0 Å². The van der Waals surface area contributed by atoms with Crippen LogP contribution in [-0.2, 0) is 14.3 Å². The van der Waals surface area contributed by atoms with Crippen molar-refractivity contribution in [2.45, 2.75) is 76.5 Å². The van der Waals surface area contributed by atoms with E-state index in [-0.39, 0.29) is 17.9 Å². The molecule has 33 heavy (non-hydrogen) atoms. The monoisotopic (exact) mass is 464 g/mol. The third-order valence-electron chi connectivity index (χ3n) is 8.16. The zero-order valence-corrected chi connectivity index (χ0v) is 20.7. The summed E-state index contributed by atoms with van der Waals surface area (Å²) in [6.07, 6.45) is 9.21. The number of nitrogens with one attached hydrogen (secondary N) is 1. The second-order valence-corrected chi connectivity index (χ2v) is 10.5. The topological polar surface area (TPSA) is 74.4 Å². The fourth-order valence-corrected chi connectivity index (χ4v) is 6.37. The van der Waals surface area contributed by atoms with Gasteiger partial charge >= 0.3 is 6.03 Å². The molecule has 1 spiro atoms. The number of imide groups is 1. The zero-order chi connectivity index (χ0) is 23.3. The average Bonchev–Trinajstić information content (AvgIpc) is 3.27. The van der Waals surface area contributed by atoms with Gasteiger partial charge in [0.05, 0.1) is 19.1 Å². The molecule has 0 unspecified atom stereocenters. The Labute approximate surface area is 199 Å². The molecule has 0 aromatic carbocycles. The second kappa shape index (κ2) is 11.5. The molecule has 1 N–H and O–H groups in total. The minimum atomic E-state index is -0.444. The van der Waals surface area contributed by atoms with E-state index in [9.17, 15) is 9.59 Å². The smallest absolute Gasteiger partial charge is 0.324 e. The van der Waals surface area contributed by atoms with Gasteiger partial charge in [0, 0.05) is 45.1 Å². The highest BCUT2D eigenvalue weighted by atomic mass is 16.7. The highest BCUT2D eigenvalue weighted by Crippen LogP contribution is 2.45. The lowest BCUT2D eigenvalue weighted by Crippen LogP contribution is -2.57. The van der Waals surface area contributed by atoms with Gasteiger partial charge in [-0.1, -0.05) is 19.8 Å². The summed E-state index contributed by atoms with van der Waals surface area (Å²) in [5.74, 6) is -0.255. The Bertz CT molecular complexity index is 663. The molecular weight excluding hydrogens is 420 g/mol. The van der Waals surface area contributed by atoms with E-state index in [0.29, 0.717) is 38.3 Å². The van der Waals surface area contributed by atoms with Crippen molar-refractivity contribution in [3.05, 3.63) is 0 Å². The van der Waals surface area contributed by atoms with Crippen LogP contribution < -0.4 is 5.32 Å². The van der Waals surface area contributed by atoms with Crippen LogP contribution in [0.25, 0.3) is 0 Å². The number of rotatable bonds is 7. The van der Waals surface area contributed by atoms with Crippen LogP contribution in [0.5, 0.6) is 0 Å². The number of fused-ring (bicyclic) bond motifs is 1. The summed E-state index contributed by atoms with van der Waals surface area (Å²) in [6, 6.07) is 0.243. The van der Waals surface area contributed by atoms with Gasteiger partial charge in [-0.15, -0.1) is 0 Å². The molecule has 4 fully saturated rings. The van der Waals surface area contributed by atoms with Crippen molar-refractivity contribution in [3.8, 4) is 0 Å². The number of hydrogen-bond acceptors (Lipinski definition) is 6. The fourth-order valence-electron chi connectivity index (χ4n) is 6.37. The predicted molar refractivity (Wildman–Crippen MR) is 127 cm³/mol. The van der Waals surface area contributed by atoms with E-state index in [1.54, 1.807) is 0 Å². The molecule has 3 amide bonds. The quantitative estimate of drug-likeness (QED) is 0.625. The summed E-state index contributed by atoms with van der Waals surface area (Å²) in [7, 11) is 2.13. The Morgan fingerprint density at radius 2 is 1.91 bits per heavy atom. The summed E-state index contributed by atoms with van der Waals surface area (Å²) < 4.78 is 12.0. The first-order chi connectivity index (χ1) is 16.0. The van der Waals surface area contributed by atoms with Crippen molar-refractivity contribution in [2.75, 3.05) is 59.5 Å². The number of piperidine rings is 2. The lowest BCUT2D eigenvalue weighted by atomic mass is 9.72. The molecule has 188 valence electrons. The Morgan fingerprint density at radius 1 is 1.15 bits per heavy atom. The number of nitrogens with zero attached hydrogens (tertiary/aromatic N) is 3. The Hall–Kier alpha value is -1.22. The summed E-state index contributed by atoms with van der Waals surface area (Å²) >= 11 is 0. The predicted octanol–water partition coefficient (Wildman–Crippen LogP) is 2.67. The summed E-state index contributed by atoms with van der Waals surface area (Å²) in [6.45, 7) is 8.32. The molecule has 8 heteroatoms. The molecule has 1 saturated carbocycles. The third-order valence-corrected chi connectivity index (χ3v) is 8.16. The number of likely N-dealkylation sites (tertiary alicyclic amines) is 2. The van der Waals surface area contributed by atoms with Crippen molar-refractivity contribution >= 4 is 11.9 Å². The van der Waals surface area contributed by atoms with Gasteiger partial charge < -0.3 is 24.6 Å². The molecule has 0 radical (unpaired) electrons.